The summed E-state index contributed by atoms with van der Waals surface area (Å²) in [5.41, 5.74) is 0. The van der Waals surface area contributed by atoms with Gasteiger partial charge >= 0.3 is 51.4 Å². The second-order valence-corrected chi connectivity index (χ2v) is 5.71. The summed E-state index contributed by atoms with van der Waals surface area (Å²) < 4.78 is 0. The van der Waals surface area contributed by atoms with Crippen molar-refractivity contribution in [3.05, 3.63) is 12.2 Å². The summed E-state index contributed by atoms with van der Waals surface area (Å²) in [4.78, 5) is 10.2. The fraction of sp³-hybridized carbons (Fsp3) is 0.833. The Bertz CT molecular complexity index is 242. The first-order chi connectivity index (χ1) is 9.77. The number of aliphatic carboxylic acids is 1. The molecule has 4 heteroatoms. The Morgan fingerprint density at radius 3 is 1.64 bits per heavy atom. The molecule has 0 heterocycles. The Kier molecular flexibility index (Phi) is 30.2. The summed E-state index contributed by atoms with van der Waals surface area (Å²) in [6, 6.07) is 0. The van der Waals surface area contributed by atoms with E-state index in [0.29, 0.717) is 0 Å². The summed E-state index contributed by atoms with van der Waals surface area (Å²) >= 11 is 0. The number of carboxylic acids is 1. The number of unbranched alkanes of at least 4 members (excludes halogenated alkanes) is 11. The first kappa shape index (κ1) is 27.6. The van der Waals surface area contributed by atoms with Crippen LogP contribution in [0.1, 0.15) is 96.8 Å². The van der Waals surface area contributed by atoms with Gasteiger partial charge < -0.3 is 15.4 Å². The van der Waals surface area contributed by atoms with Gasteiger partial charge in [0.05, 0.1) is 0 Å². The first-order valence-electron chi connectivity index (χ1n) is 8.62. The smallest absolute Gasteiger partial charge is 0.550 e. The van der Waals surface area contributed by atoms with Gasteiger partial charge in [-0.2, -0.15) is 0 Å². The molecule has 0 aromatic rings. The average molecular weight is 339 g/mol. The van der Waals surface area contributed by atoms with E-state index < -0.39 is 5.97 Å². The van der Waals surface area contributed by atoms with Crippen LogP contribution in [-0.4, -0.2) is 11.4 Å². The summed E-state index contributed by atoms with van der Waals surface area (Å²) in [6.45, 7) is 2.26. The minimum atomic E-state index is -0.914. The second-order valence-electron chi connectivity index (χ2n) is 5.71. The largest absolute Gasteiger partial charge is 1.00 e. The van der Waals surface area contributed by atoms with Crippen molar-refractivity contribution in [2.75, 3.05) is 0 Å². The number of hydrogen-bond acceptors (Lipinski definition) is 2. The zero-order valence-corrected chi connectivity index (χ0v) is 18.0. The van der Waals surface area contributed by atoms with Gasteiger partial charge in [0, 0.05) is 5.97 Å². The molecule has 0 rings (SSSR count). The molecule has 22 heavy (non-hydrogen) atoms. The van der Waals surface area contributed by atoms with E-state index in [-0.39, 0.29) is 63.3 Å². The van der Waals surface area contributed by atoms with Crippen LogP contribution >= 0.6 is 0 Å². The van der Waals surface area contributed by atoms with Crippen molar-refractivity contribution in [1.29, 1.82) is 0 Å². The van der Waals surface area contributed by atoms with Crippen molar-refractivity contribution in [3.63, 3.8) is 0 Å². The molecule has 126 valence electrons. The number of carbonyl (C=O) groups excluding carboxylic acids is 1. The van der Waals surface area contributed by atoms with Gasteiger partial charge in [-0.1, -0.05) is 70.4 Å². The molecule has 0 aromatic carbocycles. The van der Waals surface area contributed by atoms with Crippen LogP contribution in [0.15, 0.2) is 12.2 Å². The summed E-state index contributed by atoms with van der Waals surface area (Å²) in [5, 5.41) is 10.2. The second kappa shape index (κ2) is 24.1. The number of allylic oxidation sites excluding steroid dienone is 2. The Morgan fingerprint density at radius 2 is 1.18 bits per heavy atom. The van der Waals surface area contributed by atoms with Gasteiger partial charge in [0.25, 0.3) is 0 Å². The molecule has 0 aromatic heterocycles. The van der Waals surface area contributed by atoms with E-state index in [1.807, 2.05) is 0 Å². The monoisotopic (exact) mass is 338 g/mol. The molecule has 0 unspecified atom stereocenters. The van der Waals surface area contributed by atoms with Crippen LogP contribution in [0, 0.1) is 0 Å². The van der Waals surface area contributed by atoms with Gasteiger partial charge in [-0.05, 0) is 38.5 Å². The van der Waals surface area contributed by atoms with Crippen LogP contribution < -0.4 is 56.5 Å². The van der Waals surface area contributed by atoms with Crippen molar-refractivity contribution < 1.29 is 66.8 Å². The first-order valence-corrected chi connectivity index (χ1v) is 8.62. The summed E-state index contributed by atoms with van der Waals surface area (Å²) in [5.74, 6) is -0.914. The van der Waals surface area contributed by atoms with Gasteiger partial charge in [-0.15, -0.1) is 0 Å². The van der Waals surface area contributed by atoms with Crippen LogP contribution in [0.5, 0.6) is 0 Å². The zero-order chi connectivity index (χ0) is 14.9. The Hall–Kier alpha value is 0.806. The Labute approximate surface area is 180 Å². The molecule has 0 amide bonds. The topological polar surface area (TPSA) is 71.6 Å². The van der Waals surface area contributed by atoms with E-state index in [9.17, 15) is 9.90 Å². The standard InChI is InChI=1S/C18H34O2.K.H2O/c1-2-3-4-5-6-7-8-9-10-11-12-13-14-15-16-17-18(19)20;;/h9-10H,2-8,11-17H2,1H3,(H,19,20);;1H2/q;+1;/p-1/b10-9-;;. The maximum Gasteiger partial charge on any atom is 1.00 e. The zero-order valence-electron chi connectivity index (χ0n) is 14.9. The Balaban J connectivity index is -0.00000180. The van der Waals surface area contributed by atoms with Gasteiger partial charge in [0.2, 0.25) is 0 Å². The molecule has 0 saturated heterocycles. The van der Waals surface area contributed by atoms with Gasteiger partial charge in [0.15, 0.2) is 0 Å². The normalized spacial score (nSPS) is 10.2. The predicted octanol–water partition coefficient (Wildman–Crippen LogP) is 0.953. The predicted molar refractivity (Wildman–Crippen MR) is 88.1 cm³/mol. The van der Waals surface area contributed by atoms with Crippen LogP contribution in [0.3, 0.4) is 0 Å². The maximum atomic E-state index is 10.2. The van der Waals surface area contributed by atoms with Crippen LogP contribution in [-0.2, 0) is 4.79 Å². The maximum absolute atomic E-state index is 10.2. The molecule has 0 aliphatic heterocycles. The molecule has 0 fully saturated rings. The molecule has 0 saturated carbocycles. The van der Waals surface area contributed by atoms with E-state index in [0.717, 1.165) is 19.3 Å². The Morgan fingerprint density at radius 1 is 0.773 bits per heavy atom. The molecule has 0 radical (unpaired) electrons. The minimum Gasteiger partial charge on any atom is -0.550 e. The van der Waals surface area contributed by atoms with Crippen LogP contribution in [0.25, 0.3) is 0 Å². The third-order valence-electron chi connectivity index (χ3n) is 3.64. The van der Waals surface area contributed by atoms with Crippen molar-refractivity contribution >= 4 is 5.97 Å². The fourth-order valence-corrected chi connectivity index (χ4v) is 2.34. The number of carboxylic acid groups (broad SMARTS) is 1. The van der Waals surface area contributed by atoms with Gasteiger partial charge in [-0.3, -0.25) is 0 Å². The molecule has 3 nitrogen and oxygen atoms in total. The molecule has 2 N–H and O–H groups in total. The SMILES string of the molecule is CCCCCCCC/C=C\CCCCCCCC(=O)[O-].O.[K+]. The van der Waals surface area contributed by atoms with Gasteiger partial charge in [-0.25, -0.2) is 0 Å². The van der Waals surface area contributed by atoms with Crippen molar-refractivity contribution in [3.8, 4) is 0 Å². The van der Waals surface area contributed by atoms with Crippen molar-refractivity contribution in [2.45, 2.75) is 96.8 Å². The number of hydrogen-bond donors (Lipinski definition) is 0. The van der Waals surface area contributed by atoms with Crippen molar-refractivity contribution in [2.24, 2.45) is 0 Å². The summed E-state index contributed by atoms with van der Waals surface area (Å²) in [7, 11) is 0. The third-order valence-corrected chi connectivity index (χ3v) is 3.64. The summed E-state index contributed by atoms with van der Waals surface area (Å²) in [6.07, 6.45) is 20.9. The molecular formula is C18H35KO3. The van der Waals surface area contributed by atoms with E-state index in [4.69, 9.17) is 0 Å². The van der Waals surface area contributed by atoms with Crippen LogP contribution in [0.2, 0.25) is 0 Å². The number of carbonyl (C=O) groups is 1. The van der Waals surface area contributed by atoms with E-state index in [2.05, 4.69) is 19.1 Å². The quantitative estimate of drug-likeness (QED) is 0.253. The molecular weight excluding hydrogens is 303 g/mol. The minimum absolute atomic E-state index is 0. The van der Waals surface area contributed by atoms with E-state index in [1.165, 1.54) is 64.2 Å². The molecule has 0 aliphatic rings. The van der Waals surface area contributed by atoms with E-state index in [1.54, 1.807) is 0 Å². The van der Waals surface area contributed by atoms with Crippen molar-refractivity contribution in [1.82, 2.24) is 0 Å². The third kappa shape index (κ3) is 25.7. The van der Waals surface area contributed by atoms with E-state index >= 15 is 0 Å². The van der Waals surface area contributed by atoms with Crippen LogP contribution in [0.4, 0.5) is 0 Å². The molecule has 0 atom stereocenters. The molecule has 0 bridgehead atoms. The average Bonchev–Trinajstić information content (AvgIpc) is 2.43. The molecule has 0 spiro atoms. The fourth-order valence-electron chi connectivity index (χ4n) is 2.34. The number of rotatable bonds is 15. The van der Waals surface area contributed by atoms with Gasteiger partial charge in [0.1, 0.15) is 0 Å². The molecule has 0 aliphatic carbocycles.